The van der Waals surface area contributed by atoms with Gasteiger partial charge in [0.2, 0.25) is 11.0 Å². The van der Waals surface area contributed by atoms with Gasteiger partial charge in [-0.05, 0) is 28.1 Å². The number of hydrogen-bond acceptors (Lipinski definition) is 6. The SMILES string of the molecule is COCCc1nsc(N(C)CC(=O)Nc2ccccc2Br)n1. The number of nitrogens with one attached hydrogen (secondary N) is 1. The van der Waals surface area contributed by atoms with Crippen LogP contribution in [0.2, 0.25) is 0 Å². The second-order valence-corrected chi connectivity index (χ2v) is 6.20. The molecule has 118 valence electrons. The zero-order valence-corrected chi connectivity index (χ0v) is 14.8. The summed E-state index contributed by atoms with van der Waals surface area (Å²) in [6.07, 6.45) is 0.671. The predicted octanol–water partition coefficient (Wildman–Crippen LogP) is 2.56. The van der Waals surface area contributed by atoms with Crippen molar-refractivity contribution in [3.63, 3.8) is 0 Å². The summed E-state index contributed by atoms with van der Waals surface area (Å²) in [6.45, 7) is 0.794. The van der Waals surface area contributed by atoms with Crippen LogP contribution in [0, 0.1) is 0 Å². The Bertz CT molecular complexity index is 635. The Hall–Kier alpha value is -1.51. The molecule has 1 heterocycles. The van der Waals surface area contributed by atoms with Crippen LogP contribution in [0.15, 0.2) is 28.7 Å². The normalized spacial score (nSPS) is 10.5. The minimum absolute atomic E-state index is 0.108. The van der Waals surface area contributed by atoms with Crippen LogP contribution in [0.3, 0.4) is 0 Å². The van der Waals surface area contributed by atoms with E-state index in [9.17, 15) is 4.79 Å². The lowest BCUT2D eigenvalue weighted by Gasteiger charge is -2.15. The molecule has 0 aliphatic heterocycles. The molecule has 0 bridgehead atoms. The summed E-state index contributed by atoms with van der Waals surface area (Å²) in [5, 5.41) is 3.58. The number of para-hydroxylation sites is 1. The second kappa shape index (κ2) is 8.21. The maximum Gasteiger partial charge on any atom is 0.243 e. The Morgan fingerprint density at radius 2 is 2.23 bits per heavy atom. The largest absolute Gasteiger partial charge is 0.384 e. The number of hydrogen-bond donors (Lipinski definition) is 1. The van der Waals surface area contributed by atoms with E-state index in [-0.39, 0.29) is 12.5 Å². The van der Waals surface area contributed by atoms with E-state index in [1.807, 2.05) is 31.3 Å². The Morgan fingerprint density at radius 3 is 2.95 bits per heavy atom. The van der Waals surface area contributed by atoms with Gasteiger partial charge in [0.05, 0.1) is 18.8 Å². The zero-order chi connectivity index (χ0) is 15.9. The molecular weight excluding hydrogens is 368 g/mol. The van der Waals surface area contributed by atoms with Crippen molar-refractivity contribution in [1.29, 1.82) is 0 Å². The molecule has 0 fully saturated rings. The van der Waals surface area contributed by atoms with Crippen LogP contribution in [-0.4, -0.2) is 42.6 Å². The fourth-order valence-corrected chi connectivity index (χ4v) is 2.78. The van der Waals surface area contributed by atoms with E-state index in [4.69, 9.17) is 4.74 Å². The fraction of sp³-hybridized carbons (Fsp3) is 0.357. The third kappa shape index (κ3) is 4.75. The van der Waals surface area contributed by atoms with Crippen LogP contribution >= 0.6 is 27.5 Å². The predicted molar refractivity (Wildman–Crippen MR) is 91.5 cm³/mol. The third-order valence-electron chi connectivity index (χ3n) is 2.84. The Kier molecular flexibility index (Phi) is 6.29. The molecule has 1 aromatic carbocycles. The zero-order valence-electron chi connectivity index (χ0n) is 12.4. The summed E-state index contributed by atoms with van der Waals surface area (Å²) in [7, 11) is 3.46. The average Bonchev–Trinajstić information content (AvgIpc) is 2.96. The van der Waals surface area contributed by atoms with E-state index in [0.29, 0.717) is 18.2 Å². The number of aromatic nitrogens is 2. The van der Waals surface area contributed by atoms with Gasteiger partial charge in [-0.2, -0.15) is 4.37 Å². The van der Waals surface area contributed by atoms with Crippen molar-refractivity contribution >= 4 is 44.2 Å². The summed E-state index contributed by atoms with van der Waals surface area (Å²) in [5.74, 6) is 0.628. The Morgan fingerprint density at radius 1 is 1.45 bits per heavy atom. The number of carbonyl (C=O) groups is 1. The molecule has 22 heavy (non-hydrogen) atoms. The highest BCUT2D eigenvalue weighted by Crippen LogP contribution is 2.21. The van der Waals surface area contributed by atoms with Gasteiger partial charge in [0.15, 0.2) is 0 Å². The van der Waals surface area contributed by atoms with E-state index in [0.717, 1.165) is 16.0 Å². The highest BCUT2D eigenvalue weighted by atomic mass is 79.9. The smallest absolute Gasteiger partial charge is 0.243 e. The minimum Gasteiger partial charge on any atom is -0.384 e. The van der Waals surface area contributed by atoms with Gasteiger partial charge in [-0.25, -0.2) is 4.98 Å². The Labute approximate surface area is 141 Å². The molecule has 0 spiro atoms. The molecule has 2 aromatic rings. The maximum atomic E-state index is 12.1. The number of halogens is 1. The lowest BCUT2D eigenvalue weighted by molar-refractivity contribution is -0.114. The average molecular weight is 385 g/mol. The maximum absolute atomic E-state index is 12.1. The molecule has 2 rings (SSSR count). The van der Waals surface area contributed by atoms with E-state index >= 15 is 0 Å². The summed E-state index contributed by atoms with van der Waals surface area (Å²) >= 11 is 4.68. The van der Waals surface area contributed by atoms with Crippen LogP contribution in [-0.2, 0) is 16.0 Å². The first-order chi connectivity index (χ1) is 10.6. The molecule has 6 nitrogen and oxygen atoms in total. The first-order valence-corrected chi connectivity index (χ1v) is 8.24. The number of rotatable bonds is 7. The first-order valence-electron chi connectivity index (χ1n) is 6.67. The molecular formula is C14H17BrN4O2S. The summed E-state index contributed by atoms with van der Waals surface area (Å²) in [4.78, 5) is 18.3. The van der Waals surface area contributed by atoms with Gasteiger partial charge in [-0.3, -0.25) is 4.79 Å². The topological polar surface area (TPSA) is 67.3 Å². The standard InChI is InChI=1S/C14H17BrN4O2S/c1-19(14-17-12(18-22-14)7-8-21-2)9-13(20)16-11-6-4-3-5-10(11)15/h3-6H,7-9H2,1-2H3,(H,16,20). The number of benzene rings is 1. The van der Waals surface area contributed by atoms with Gasteiger partial charge in [0, 0.05) is 36.6 Å². The summed E-state index contributed by atoms with van der Waals surface area (Å²) in [5.41, 5.74) is 0.749. The summed E-state index contributed by atoms with van der Waals surface area (Å²) in [6, 6.07) is 7.49. The Balaban J connectivity index is 1.91. The van der Waals surface area contributed by atoms with Crippen LogP contribution in [0.4, 0.5) is 10.8 Å². The highest BCUT2D eigenvalue weighted by Gasteiger charge is 2.13. The molecule has 8 heteroatoms. The molecule has 1 amide bonds. The lowest BCUT2D eigenvalue weighted by atomic mass is 10.3. The van der Waals surface area contributed by atoms with E-state index in [1.54, 1.807) is 12.0 Å². The molecule has 0 aliphatic carbocycles. The number of anilines is 2. The van der Waals surface area contributed by atoms with Crippen molar-refractivity contribution in [3.8, 4) is 0 Å². The van der Waals surface area contributed by atoms with Crippen molar-refractivity contribution in [3.05, 3.63) is 34.6 Å². The van der Waals surface area contributed by atoms with Crippen molar-refractivity contribution in [2.75, 3.05) is 37.5 Å². The van der Waals surface area contributed by atoms with Crippen molar-refractivity contribution < 1.29 is 9.53 Å². The second-order valence-electron chi connectivity index (χ2n) is 4.62. The molecule has 1 aromatic heterocycles. The van der Waals surface area contributed by atoms with E-state index < -0.39 is 0 Å². The van der Waals surface area contributed by atoms with Gasteiger partial charge in [0.1, 0.15) is 5.82 Å². The molecule has 0 atom stereocenters. The molecule has 0 radical (unpaired) electrons. The van der Waals surface area contributed by atoms with E-state index in [2.05, 4.69) is 30.6 Å². The van der Waals surface area contributed by atoms with Crippen LogP contribution < -0.4 is 10.2 Å². The molecule has 0 saturated carbocycles. The van der Waals surface area contributed by atoms with Gasteiger partial charge >= 0.3 is 0 Å². The highest BCUT2D eigenvalue weighted by molar-refractivity contribution is 9.10. The quantitative estimate of drug-likeness (QED) is 0.794. The number of methoxy groups -OCH3 is 1. The number of nitrogens with zero attached hydrogens (tertiary/aromatic N) is 3. The first kappa shape index (κ1) is 16.9. The molecule has 1 N–H and O–H groups in total. The third-order valence-corrected chi connectivity index (χ3v) is 4.40. The van der Waals surface area contributed by atoms with Gasteiger partial charge in [-0.1, -0.05) is 12.1 Å². The van der Waals surface area contributed by atoms with Crippen LogP contribution in [0.5, 0.6) is 0 Å². The number of ether oxygens (including phenoxy) is 1. The molecule has 0 aliphatic rings. The summed E-state index contributed by atoms with van der Waals surface area (Å²) < 4.78 is 10.1. The number of carbonyl (C=O) groups excluding carboxylic acids is 1. The number of amides is 1. The fourth-order valence-electron chi connectivity index (χ4n) is 1.73. The van der Waals surface area contributed by atoms with E-state index in [1.165, 1.54) is 11.5 Å². The number of likely N-dealkylation sites (N-methyl/N-ethyl adjacent to an activating group) is 1. The van der Waals surface area contributed by atoms with Crippen LogP contribution in [0.25, 0.3) is 0 Å². The lowest BCUT2D eigenvalue weighted by Crippen LogP contribution is -2.30. The van der Waals surface area contributed by atoms with Crippen LogP contribution in [0.1, 0.15) is 5.82 Å². The molecule has 0 saturated heterocycles. The van der Waals surface area contributed by atoms with Gasteiger partial charge in [0.25, 0.3) is 0 Å². The van der Waals surface area contributed by atoms with Crippen molar-refractivity contribution in [1.82, 2.24) is 9.36 Å². The monoisotopic (exact) mass is 384 g/mol. The van der Waals surface area contributed by atoms with Crippen molar-refractivity contribution in [2.24, 2.45) is 0 Å². The molecule has 0 unspecified atom stereocenters. The van der Waals surface area contributed by atoms with Gasteiger partial charge < -0.3 is 15.0 Å². The van der Waals surface area contributed by atoms with Crippen molar-refractivity contribution in [2.45, 2.75) is 6.42 Å². The van der Waals surface area contributed by atoms with Gasteiger partial charge in [-0.15, -0.1) is 0 Å². The minimum atomic E-state index is -0.108.